The van der Waals surface area contributed by atoms with Crippen molar-refractivity contribution >= 4 is 23.2 Å². The molecule has 5 nitrogen and oxygen atoms in total. The van der Waals surface area contributed by atoms with Crippen molar-refractivity contribution in [3.8, 4) is 5.69 Å². The number of hydrogen-bond acceptors (Lipinski definition) is 3. The Labute approximate surface area is 121 Å². The van der Waals surface area contributed by atoms with Gasteiger partial charge in [-0.2, -0.15) is 5.10 Å². The van der Waals surface area contributed by atoms with Crippen LogP contribution in [0.2, 0.25) is 5.02 Å². The lowest BCUT2D eigenvalue weighted by Crippen LogP contribution is -2.35. The van der Waals surface area contributed by atoms with Crippen molar-refractivity contribution < 1.29 is 4.79 Å². The first-order valence-corrected chi connectivity index (χ1v) is 6.95. The van der Waals surface area contributed by atoms with Gasteiger partial charge < -0.3 is 10.6 Å². The summed E-state index contributed by atoms with van der Waals surface area (Å²) in [5.41, 5.74) is 1.46. The number of hydrogen-bond donors (Lipinski definition) is 2. The van der Waals surface area contributed by atoms with E-state index in [4.69, 9.17) is 11.6 Å². The highest BCUT2D eigenvalue weighted by Crippen LogP contribution is 2.24. The SMILES string of the molecule is O=C(Nc1cc(Cl)ccc1-n1cccn1)C1CCCN1. The van der Waals surface area contributed by atoms with Crippen LogP contribution >= 0.6 is 11.6 Å². The standard InChI is InChI=1S/C14H15ClN4O/c15-10-4-5-13(19-8-2-7-17-19)12(9-10)18-14(20)11-3-1-6-16-11/h2,4-5,7-9,11,16H,1,3,6H2,(H,18,20). The molecule has 1 aromatic carbocycles. The monoisotopic (exact) mass is 290 g/mol. The molecule has 20 heavy (non-hydrogen) atoms. The first-order chi connectivity index (χ1) is 9.74. The van der Waals surface area contributed by atoms with Gasteiger partial charge in [0, 0.05) is 17.4 Å². The zero-order valence-corrected chi connectivity index (χ0v) is 11.6. The number of benzene rings is 1. The maximum Gasteiger partial charge on any atom is 0.241 e. The minimum Gasteiger partial charge on any atom is -0.323 e. The second-order valence-electron chi connectivity index (χ2n) is 4.75. The van der Waals surface area contributed by atoms with Crippen LogP contribution in [0.4, 0.5) is 5.69 Å². The van der Waals surface area contributed by atoms with Gasteiger partial charge >= 0.3 is 0 Å². The number of amides is 1. The van der Waals surface area contributed by atoms with Crippen LogP contribution in [0.15, 0.2) is 36.7 Å². The Morgan fingerprint density at radius 1 is 1.50 bits per heavy atom. The molecule has 1 saturated heterocycles. The first kappa shape index (κ1) is 13.1. The molecule has 2 heterocycles. The van der Waals surface area contributed by atoms with Gasteiger partial charge in [-0.25, -0.2) is 4.68 Å². The van der Waals surface area contributed by atoms with Gasteiger partial charge in [0.2, 0.25) is 5.91 Å². The normalized spacial score (nSPS) is 18.1. The lowest BCUT2D eigenvalue weighted by Gasteiger charge is -2.14. The van der Waals surface area contributed by atoms with E-state index in [9.17, 15) is 4.79 Å². The minimum absolute atomic E-state index is 0.0295. The topological polar surface area (TPSA) is 59.0 Å². The van der Waals surface area contributed by atoms with Crippen LogP contribution in [0, 0.1) is 0 Å². The molecule has 104 valence electrons. The zero-order chi connectivity index (χ0) is 13.9. The molecule has 1 atom stereocenters. The molecule has 2 N–H and O–H groups in total. The van der Waals surface area contributed by atoms with Gasteiger partial charge in [-0.3, -0.25) is 4.79 Å². The van der Waals surface area contributed by atoms with Crippen LogP contribution in [0.3, 0.4) is 0 Å². The number of aromatic nitrogens is 2. The van der Waals surface area contributed by atoms with Gasteiger partial charge in [0.15, 0.2) is 0 Å². The van der Waals surface area contributed by atoms with E-state index < -0.39 is 0 Å². The van der Waals surface area contributed by atoms with Crippen LogP contribution in [-0.4, -0.2) is 28.3 Å². The van der Waals surface area contributed by atoms with E-state index in [1.807, 2.05) is 18.3 Å². The second-order valence-corrected chi connectivity index (χ2v) is 5.19. The third kappa shape index (κ3) is 2.69. The van der Waals surface area contributed by atoms with Gasteiger partial charge in [-0.1, -0.05) is 11.6 Å². The van der Waals surface area contributed by atoms with E-state index in [1.54, 1.807) is 23.0 Å². The van der Waals surface area contributed by atoms with Crippen LogP contribution in [-0.2, 0) is 4.79 Å². The van der Waals surface area contributed by atoms with E-state index in [0.717, 1.165) is 25.1 Å². The van der Waals surface area contributed by atoms with E-state index in [1.165, 1.54) is 0 Å². The van der Waals surface area contributed by atoms with Gasteiger partial charge in [0.05, 0.1) is 17.4 Å². The summed E-state index contributed by atoms with van der Waals surface area (Å²) in [6.07, 6.45) is 5.41. The van der Waals surface area contributed by atoms with E-state index in [-0.39, 0.29) is 11.9 Å². The largest absolute Gasteiger partial charge is 0.323 e. The Morgan fingerprint density at radius 2 is 2.40 bits per heavy atom. The minimum atomic E-state index is -0.126. The molecule has 0 spiro atoms. The third-order valence-electron chi connectivity index (χ3n) is 3.34. The summed E-state index contributed by atoms with van der Waals surface area (Å²) in [4.78, 5) is 12.2. The van der Waals surface area contributed by atoms with E-state index >= 15 is 0 Å². The molecular weight excluding hydrogens is 276 g/mol. The molecule has 0 radical (unpaired) electrons. The molecule has 6 heteroatoms. The molecule has 3 rings (SSSR count). The second kappa shape index (κ2) is 5.64. The van der Waals surface area contributed by atoms with Crippen molar-refractivity contribution in [2.45, 2.75) is 18.9 Å². The highest BCUT2D eigenvalue weighted by atomic mass is 35.5. The number of halogens is 1. The molecule has 1 aliphatic heterocycles. The molecule has 0 bridgehead atoms. The van der Waals surface area contributed by atoms with Gasteiger partial charge in [-0.05, 0) is 43.7 Å². The summed E-state index contributed by atoms with van der Waals surface area (Å²) in [5.74, 6) is -0.0295. The molecule has 1 aliphatic rings. The molecule has 1 aromatic heterocycles. The van der Waals surface area contributed by atoms with E-state index in [2.05, 4.69) is 15.7 Å². The molecule has 0 aliphatic carbocycles. The van der Waals surface area contributed by atoms with Gasteiger partial charge in [-0.15, -0.1) is 0 Å². The fraction of sp³-hybridized carbons (Fsp3) is 0.286. The van der Waals surface area contributed by atoms with Crippen molar-refractivity contribution in [2.24, 2.45) is 0 Å². The highest BCUT2D eigenvalue weighted by molar-refractivity contribution is 6.31. The van der Waals surface area contributed by atoms with Crippen molar-refractivity contribution in [3.63, 3.8) is 0 Å². The quantitative estimate of drug-likeness (QED) is 0.911. The molecule has 1 fully saturated rings. The predicted molar refractivity (Wildman–Crippen MR) is 78.2 cm³/mol. The Hall–Kier alpha value is -1.85. The zero-order valence-electron chi connectivity index (χ0n) is 10.8. The smallest absolute Gasteiger partial charge is 0.241 e. The Morgan fingerprint density at radius 3 is 3.10 bits per heavy atom. The first-order valence-electron chi connectivity index (χ1n) is 6.58. The number of nitrogens with one attached hydrogen (secondary N) is 2. The number of nitrogens with zero attached hydrogens (tertiary/aromatic N) is 2. The maximum atomic E-state index is 12.2. The average molecular weight is 291 g/mol. The van der Waals surface area contributed by atoms with Crippen LogP contribution < -0.4 is 10.6 Å². The summed E-state index contributed by atoms with van der Waals surface area (Å²) in [6.45, 7) is 0.889. The van der Waals surface area contributed by atoms with Crippen molar-refractivity contribution in [3.05, 3.63) is 41.7 Å². The van der Waals surface area contributed by atoms with Crippen LogP contribution in [0.5, 0.6) is 0 Å². The summed E-state index contributed by atoms with van der Waals surface area (Å²) < 4.78 is 1.70. The number of anilines is 1. The van der Waals surface area contributed by atoms with Crippen molar-refractivity contribution in [1.82, 2.24) is 15.1 Å². The summed E-state index contributed by atoms with van der Waals surface area (Å²) in [5, 5.41) is 10.9. The molecule has 1 amide bonds. The van der Waals surface area contributed by atoms with Crippen LogP contribution in [0.1, 0.15) is 12.8 Å². The lowest BCUT2D eigenvalue weighted by molar-refractivity contribution is -0.117. The fourth-order valence-electron chi connectivity index (χ4n) is 2.35. The fourth-order valence-corrected chi connectivity index (χ4v) is 2.52. The summed E-state index contributed by atoms with van der Waals surface area (Å²) >= 11 is 6.02. The van der Waals surface area contributed by atoms with Gasteiger partial charge in [0.1, 0.15) is 0 Å². The average Bonchev–Trinajstić information content (AvgIpc) is 3.12. The number of rotatable bonds is 3. The maximum absolute atomic E-state index is 12.2. The summed E-state index contributed by atoms with van der Waals surface area (Å²) in [7, 11) is 0. The lowest BCUT2D eigenvalue weighted by atomic mass is 10.2. The van der Waals surface area contributed by atoms with Gasteiger partial charge in [0.25, 0.3) is 0 Å². The van der Waals surface area contributed by atoms with Crippen LogP contribution in [0.25, 0.3) is 5.69 Å². The Bertz CT molecular complexity index is 606. The number of carbonyl (C=O) groups excluding carboxylic acids is 1. The molecule has 1 unspecified atom stereocenters. The Kier molecular flexibility index (Phi) is 3.71. The summed E-state index contributed by atoms with van der Waals surface area (Å²) in [6, 6.07) is 7.07. The molecular formula is C14H15ClN4O. The van der Waals surface area contributed by atoms with E-state index in [0.29, 0.717) is 10.7 Å². The molecule has 2 aromatic rings. The van der Waals surface area contributed by atoms with Crippen molar-refractivity contribution in [2.75, 3.05) is 11.9 Å². The molecule has 0 saturated carbocycles. The number of carbonyl (C=O) groups is 1. The Balaban J connectivity index is 1.87. The van der Waals surface area contributed by atoms with Crippen molar-refractivity contribution in [1.29, 1.82) is 0 Å². The predicted octanol–water partition coefficient (Wildman–Crippen LogP) is 2.22. The highest BCUT2D eigenvalue weighted by Gasteiger charge is 2.22. The third-order valence-corrected chi connectivity index (χ3v) is 3.58.